The van der Waals surface area contributed by atoms with E-state index in [1.807, 2.05) is 0 Å². The molecule has 6 nitrogen and oxygen atoms in total. The molecule has 3 atom stereocenters. The number of carbonyl (C=O) groups is 2. The van der Waals surface area contributed by atoms with Gasteiger partial charge in [-0.05, 0) is 48.8 Å². The van der Waals surface area contributed by atoms with E-state index in [1.54, 1.807) is 6.07 Å². The van der Waals surface area contributed by atoms with Gasteiger partial charge in [-0.1, -0.05) is 17.7 Å². The van der Waals surface area contributed by atoms with Gasteiger partial charge < -0.3 is 9.84 Å². The molecule has 0 amide bonds. The summed E-state index contributed by atoms with van der Waals surface area (Å²) in [5, 5.41) is 9.30. The molecule has 1 aromatic rings. The van der Waals surface area contributed by atoms with Gasteiger partial charge >= 0.3 is 5.97 Å². The van der Waals surface area contributed by atoms with Crippen molar-refractivity contribution in [2.24, 2.45) is 5.92 Å². The van der Waals surface area contributed by atoms with Gasteiger partial charge in [0, 0.05) is 6.26 Å². The molecule has 0 radical (unpaired) electrons. The Morgan fingerprint density at radius 3 is 2.71 bits per heavy atom. The van der Waals surface area contributed by atoms with E-state index >= 15 is 0 Å². The van der Waals surface area contributed by atoms with Crippen LogP contribution in [0.2, 0.25) is 5.02 Å². The van der Waals surface area contributed by atoms with E-state index in [2.05, 4.69) is 0 Å². The topological polar surface area (TPSA) is 97.7 Å². The Labute approximate surface area is 145 Å². The number of aliphatic carboxylic acids is 1. The monoisotopic (exact) mass is 374 g/mol. The molecule has 24 heavy (non-hydrogen) atoms. The van der Waals surface area contributed by atoms with E-state index in [0.29, 0.717) is 24.9 Å². The lowest BCUT2D eigenvalue weighted by molar-refractivity contribution is -0.138. The number of rotatable bonds is 7. The van der Waals surface area contributed by atoms with E-state index in [1.165, 1.54) is 12.1 Å². The summed E-state index contributed by atoms with van der Waals surface area (Å²) in [6.07, 6.45) is 2.79. The van der Waals surface area contributed by atoms with E-state index in [-0.39, 0.29) is 34.3 Å². The Bertz CT molecular complexity index is 730. The molecule has 0 aromatic heterocycles. The van der Waals surface area contributed by atoms with Gasteiger partial charge in [-0.3, -0.25) is 9.59 Å². The quantitative estimate of drug-likeness (QED) is 0.737. The number of sulfone groups is 1. The van der Waals surface area contributed by atoms with E-state index in [4.69, 9.17) is 16.3 Å². The van der Waals surface area contributed by atoms with Gasteiger partial charge in [-0.25, -0.2) is 8.42 Å². The zero-order valence-corrected chi connectivity index (χ0v) is 14.7. The van der Waals surface area contributed by atoms with Crippen molar-refractivity contribution in [2.45, 2.75) is 42.6 Å². The summed E-state index contributed by atoms with van der Waals surface area (Å²) in [7, 11) is -3.44. The standard InChI is InChI=1S/C16H19ClO6S/c1-24(21,22)15-5-3-11(7-14(15)17)13(8-16(19)20)10-2-4-12(6-10)23-9-18/h3,5,7,9-10,12-13H,2,4,6,8H2,1H3,(H,19,20). The second kappa shape index (κ2) is 7.53. The molecule has 0 saturated heterocycles. The molecule has 8 heteroatoms. The number of hydrogen-bond acceptors (Lipinski definition) is 5. The summed E-state index contributed by atoms with van der Waals surface area (Å²) in [4.78, 5) is 21.7. The van der Waals surface area contributed by atoms with Crippen LogP contribution >= 0.6 is 11.6 Å². The SMILES string of the molecule is CS(=O)(=O)c1ccc(C(CC(=O)O)C2CCC(OC=O)C2)cc1Cl. The smallest absolute Gasteiger partial charge is 0.303 e. The maximum absolute atomic E-state index is 11.7. The summed E-state index contributed by atoms with van der Waals surface area (Å²) in [6, 6.07) is 4.55. The second-order valence-electron chi connectivity index (χ2n) is 6.09. The highest BCUT2D eigenvalue weighted by atomic mass is 35.5. The molecule has 0 aliphatic heterocycles. The molecule has 0 bridgehead atoms. The Balaban J connectivity index is 2.30. The maximum Gasteiger partial charge on any atom is 0.303 e. The van der Waals surface area contributed by atoms with Gasteiger partial charge in [-0.2, -0.15) is 0 Å². The highest BCUT2D eigenvalue weighted by molar-refractivity contribution is 7.90. The third-order valence-corrected chi connectivity index (χ3v) is 6.00. The van der Waals surface area contributed by atoms with Crippen LogP contribution in [-0.2, 0) is 24.2 Å². The fourth-order valence-electron chi connectivity index (χ4n) is 3.33. The summed E-state index contributed by atoms with van der Waals surface area (Å²) < 4.78 is 28.3. The fraction of sp³-hybridized carbons (Fsp3) is 0.500. The lowest BCUT2D eigenvalue weighted by atomic mass is 9.82. The van der Waals surface area contributed by atoms with Crippen LogP contribution < -0.4 is 0 Å². The zero-order valence-electron chi connectivity index (χ0n) is 13.1. The van der Waals surface area contributed by atoms with E-state index in [0.717, 1.165) is 12.7 Å². The van der Waals surface area contributed by atoms with Crippen LogP contribution in [0.1, 0.15) is 37.2 Å². The highest BCUT2D eigenvalue weighted by Crippen LogP contribution is 2.41. The van der Waals surface area contributed by atoms with Gasteiger partial charge in [0.25, 0.3) is 6.47 Å². The van der Waals surface area contributed by atoms with Gasteiger partial charge in [0.05, 0.1) is 16.3 Å². The molecular weight excluding hydrogens is 356 g/mol. The summed E-state index contributed by atoms with van der Waals surface area (Å²) in [6.45, 7) is 0.414. The number of carboxylic acids is 1. The van der Waals surface area contributed by atoms with Crippen LogP contribution in [0.15, 0.2) is 23.1 Å². The molecule has 1 saturated carbocycles. The van der Waals surface area contributed by atoms with E-state index < -0.39 is 15.8 Å². The van der Waals surface area contributed by atoms with Crippen molar-refractivity contribution in [3.05, 3.63) is 28.8 Å². The molecule has 1 aliphatic rings. The summed E-state index contributed by atoms with van der Waals surface area (Å²) >= 11 is 6.08. The van der Waals surface area contributed by atoms with Crippen molar-refractivity contribution in [1.82, 2.24) is 0 Å². The van der Waals surface area contributed by atoms with Crippen molar-refractivity contribution in [3.63, 3.8) is 0 Å². The first-order chi connectivity index (χ1) is 11.2. The first-order valence-electron chi connectivity index (χ1n) is 7.52. The highest BCUT2D eigenvalue weighted by Gasteiger charge is 2.34. The molecule has 0 heterocycles. The maximum atomic E-state index is 11.7. The van der Waals surface area contributed by atoms with Crippen LogP contribution in [0.25, 0.3) is 0 Å². The third kappa shape index (κ3) is 4.48. The number of carbonyl (C=O) groups excluding carboxylic acids is 1. The molecule has 1 aliphatic carbocycles. The number of halogens is 1. The summed E-state index contributed by atoms with van der Waals surface area (Å²) in [5.74, 6) is -1.22. The van der Waals surface area contributed by atoms with Crippen LogP contribution in [0.5, 0.6) is 0 Å². The van der Waals surface area contributed by atoms with Gasteiger partial charge in [-0.15, -0.1) is 0 Å². The predicted molar refractivity (Wildman–Crippen MR) is 87.8 cm³/mol. The Kier molecular flexibility index (Phi) is 5.87. The number of ether oxygens (including phenoxy) is 1. The molecule has 1 aromatic carbocycles. The van der Waals surface area contributed by atoms with Crippen LogP contribution in [0, 0.1) is 5.92 Å². The molecule has 2 rings (SSSR count). The van der Waals surface area contributed by atoms with E-state index in [9.17, 15) is 23.1 Å². The van der Waals surface area contributed by atoms with Crippen molar-refractivity contribution >= 4 is 33.9 Å². The second-order valence-corrected chi connectivity index (χ2v) is 8.49. The fourth-order valence-corrected chi connectivity index (χ4v) is 4.67. The van der Waals surface area contributed by atoms with Crippen molar-refractivity contribution in [2.75, 3.05) is 6.26 Å². The van der Waals surface area contributed by atoms with Gasteiger partial charge in [0.2, 0.25) is 0 Å². The van der Waals surface area contributed by atoms with Crippen LogP contribution in [0.4, 0.5) is 0 Å². The molecule has 1 N–H and O–H groups in total. The molecular formula is C16H19ClO6S. The minimum Gasteiger partial charge on any atom is -0.481 e. The lowest BCUT2D eigenvalue weighted by Gasteiger charge is -2.23. The minimum absolute atomic E-state index is 0.0237. The Morgan fingerprint density at radius 2 is 2.17 bits per heavy atom. The average molecular weight is 375 g/mol. The Morgan fingerprint density at radius 1 is 1.46 bits per heavy atom. The number of carboxylic acid groups (broad SMARTS) is 1. The first kappa shape index (κ1) is 18.7. The Hall–Kier alpha value is -1.60. The molecule has 1 fully saturated rings. The molecule has 132 valence electrons. The molecule has 0 spiro atoms. The van der Waals surface area contributed by atoms with Crippen LogP contribution in [0.3, 0.4) is 0 Å². The molecule has 3 unspecified atom stereocenters. The summed E-state index contributed by atoms with van der Waals surface area (Å²) in [5.41, 5.74) is 0.687. The largest absolute Gasteiger partial charge is 0.481 e. The predicted octanol–water partition coefficient (Wildman–Crippen LogP) is 2.64. The van der Waals surface area contributed by atoms with Gasteiger partial charge in [0.1, 0.15) is 6.10 Å². The number of hydrogen-bond donors (Lipinski definition) is 1. The zero-order chi connectivity index (χ0) is 17.9. The number of benzene rings is 1. The van der Waals surface area contributed by atoms with Crippen molar-refractivity contribution < 1.29 is 27.9 Å². The average Bonchev–Trinajstić information content (AvgIpc) is 2.92. The van der Waals surface area contributed by atoms with Crippen molar-refractivity contribution in [3.8, 4) is 0 Å². The first-order valence-corrected chi connectivity index (χ1v) is 9.79. The third-order valence-electron chi connectivity index (χ3n) is 4.42. The van der Waals surface area contributed by atoms with Crippen molar-refractivity contribution in [1.29, 1.82) is 0 Å². The lowest BCUT2D eigenvalue weighted by Crippen LogP contribution is -2.16. The van der Waals surface area contributed by atoms with Gasteiger partial charge in [0.15, 0.2) is 9.84 Å². The minimum atomic E-state index is -3.44. The normalized spacial score (nSPS) is 22.1. The van der Waals surface area contributed by atoms with Crippen LogP contribution in [-0.4, -0.2) is 38.3 Å².